The molecule has 0 radical (unpaired) electrons. The summed E-state index contributed by atoms with van der Waals surface area (Å²) in [5.74, 6) is 0.717. The van der Waals surface area contributed by atoms with Crippen molar-refractivity contribution in [2.45, 2.75) is 45.6 Å². The molecule has 1 aliphatic heterocycles. The Morgan fingerprint density at radius 1 is 1.00 bits per heavy atom. The highest BCUT2D eigenvalue weighted by Gasteiger charge is 2.14. The van der Waals surface area contributed by atoms with Crippen LogP contribution in [0.4, 0.5) is 5.69 Å². The van der Waals surface area contributed by atoms with Gasteiger partial charge >= 0.3 is 0 Å². The first-order chi connectivity index (χ1) is 13.2. The summed E-state index contributed by atoms with van der Waals surface area (Å²) in [7, 11) is 0. The van der Waals surface area contributed by atoms with Crippen molar-refractivity contribution in [1.29, 1.82) is 0 Å². The van der Waals surface area contributed by atoms with Crippen LogP contribution in [0, 0.1) is 0 Å². The fourth-order valence-corrected chi connectivity index (χ4v) is 3.46. The Labute approximate surface area is 162 Å². The molecule has 2 aromatic carbocycles. The maximum atomic E-state index is 12.4. The molecule has 27 heavy (non-hydrogen) atoms. The number of anilines is 1. The number of unbranched alkanes of at least 4 members (excludes halogenated alkanes) is 1. The molecule has 0 saturated carbocycles. The standard InChI is InChI=1S/C23H30N2O2/c1-2-3-17-27-22-13-9-20(10-14-22)23(26)24-21-11-7-19(8-12-21)18-25-15-5-4-6-16-25/h7-14H,2-6,15-18H2,1H3,(H,24,26)/p+1. The average Bonchev–Trinajstić information content (AvgIpc) is 2.71. The number of amides is 1. The van der Waals surface area contributed by atoms with Crippen LogP contribution in [0.1, 0.15) is 54.9 Å². The van der Waals surface area contributed by atoms with E-state index < -0.39 is 0 Å². The Balaban J connectivity index is 1.51. The van der Waals surface area contributed by atoms with E-state index in [1.54, 1.807) is 4.90 Å². The zero-order valence-corrected chi connectivity index (χ0v) is 16.3. The second-order valence-corrected chi connectivity index (χ2v) is 7.36. The van der Waals surface area contributed by atoms with E-state index in [0.29, 0.717) is 12.2 Å². The van der Waals surface area contributed by atoms with Crippen molar-refractivity contribution < 1.29 is 14.4 Å². The molecule has 2 aromatic rings. The van der Waals surface area contributed by atoms with E-state index in [0.717, 1.165) is 30.8 Å². The lowest BCUT2D eigenvalue weighted by Crippen LogP contribution is -3.11. The van der Waals surface area contributed by atoms with Crippen LogP contribution in [-0.4, -0.2) is 25.6 Å². The summed E-state index contributed by atoms with van der Waals surface area (Å²) in [5.41, 5.74) is 2.80. The Hall–Kier alpha value is -2.33. The number of carbonyl (C=O) groups excluding carboxylic acids is 1. The fraction of sp³-hybridized carbons (Fsp3) is 0.435. The van der Waals surface area contributed by atoms with Gasteiger partial charge in [0.05, 0.1) is 19.7 Å². The smallest absolute Gasteiger partial charge is 0.255 e. The zero-order chi connectivity index (χ0) is 18.9. The van der Waals surface area contributed by atoms with Gasteiger partial charge in [-0.2, -0.15) is 0 Å². The minimum atomic E-state index is -0.0930. The summed E-state index contributed by atoms with van der Waals surface area (Å²) in [6.07, 6.45) is 6.20. The SMILES string of the molecule is CCCCOc1ccc(C(=O)Nc2ccc(C[NH+]3CCCCC3)cc2)cc1. The van der Waals surface area contributed by atoms with Crippen LogP contribution in [0.2, 0.25) is 0 Å². The van der Waals surface area contributed by atoms with Gasteiger partial charge in [0.1, 0.15) is 12.3 Å². The van der Waals surface area contributed by atoms with Crippen molar-refractivity contribution in [3.05, 3.63) is 59.7 Å². The molecule has 4 nitrogen and oxygen atoms in total. The number of rotatable bonds is 8. The molecule has 1 fully saturated rings. The number of hydrogen-bond donors (Lipinski definition) is 2. The third kappa shape index (κ3) is 6.10. The van der Waals surface area contributed by atoms with Gasteiger partial charge in [-0.05, 0) is 62.1 Å². The quantitative estimate of drug-likeness (QED) is 0.699. The molecule has 0 bridgehead atoms. The number of carbonyl (C=O) groups is 1. The Kier molecular flexibility index (Phi) is 7.28. The Bertz CT molecular complexity index is 704. The molecule has 0 spiro atoms. The number of quaternary nitrogens is 1. The van der Waals surface area contributed by atoms with Crippen LogP contribution >= 0.6 is 0 Å². The predicted octanol–water partition coefficient (Wildman–Crippen LogP) is 3.69. The minimum absolute atomic E-state index is 0.0930. The van der Waals surface area contributed by atoms with Crippen molar-refractivity contribution in [3.8, 4) is 5.75 Å². The van der Waals surface area contributed by atoms with Gasteiger partial charge in [-0.1, -0.05) is 25.5 Å². The summed E-state index contributed by atoms with van der Waals surface area (Å²) in [6.45, 7) is 6.48. The van der Waals surface area contributed by atoms with E-state index in [1.807, 2.05) is 36.4 Å². The van der Waals surface area contributed by atoms with Gasteiger partial charge in [-0.25, -0.2) is 0 Å². The number of nitrogens with one attached hydrogen (secondary N) is 2. The molecule has 1 heterocycles. The third-order valence-electron chi connectivity index (χ3n) is 5.11. The highest BCUT2D eigenvalue weighted by molar-refractivity contribution is 6.04. The van der Waals surface area contributed by atoms with Crippen LogP contribution in [-0.2, 0) is 6.54 Å². The van der Waals surface area contributed by atoms with Crippen LogP contribution < -0.4 is 15.0 Å². The molecule has 1 aliphatic rings. The van der Waals surface area contributed by atoms with Gasteiger partial charge in [0, 0.05) is 16.8 Å². The second-order valence-electron chi connectivity index (χ2n) is 7.36. The third-order valence-corrected chi connectivity index (χ3v) is 5.11. The molecule has 0 aliphatic carbocycles. The highest BCUT2D eigenvalue weighted by Crippen LogP contribution is 2.15. The van der Waals surface area contributed by atoms with Crippen molar-refractivity contribution in [3.63, 3.8) is 0 Å². The van der Waals surface area contributed by atoms with Crippen molar-refractivity contribution >= 4 is 11.6 Å². The number of piperidine rings is 1. The molecular weight excluding hydrogens is 336 g/mol. The normalized spacial score (nSPS) is 14.7. The van der Waals surface area contributed by atoms with Gasteiger partial charge < -0.3 is 15.0 Å². The van der Waals surface area contributed by atoms with Gasteiger partial charge in [0.25, 0.3) is 5.91 Å². The summed E-state index contributed by atoms with van der Waals surface area (Å²) < 4.78 is 5.64. The highest BCUT2D eigenvalue weighted by atomic mass is 16.5. The zero-order valence-electron chi connectivity index (χ0n) is 16.3. The van der Waals surface area contributed by atoms with Gasteiger partial charge in [-0.15, -0.1) is 0 Å². The van der Waals surface area contributed by atoms with Crippen molar-refractivity contribution in [2.24, 2.45) is 0 Å². The molecule has 2 N–H and O–H groups in total. The molecule has 4 heteroatoms. The van der Waals surface area contributed by atoms with E-state index in [1.165, 1.54) is 37.9 Å². The summed E-state index contributed by atoms with van der Waals surface area (Å²) >= 11 is 0. The maximum Gasteiger partial charge on any atom is 0.255 e. The molecule has 1 amide bonds. The van der Waals surface area contributed by atoms with Gasteiger partial charge in [0.15, 0.2) is 0 Å². The lowest BCUT2D eigenvalue weighted by atomic mass is 10.1. The molecular formula is C23H31N2O2+. The van der Waals surface area contributed by atoms with Crippen LogP contribution in [0.3, 0.4) is 0 Å². The van der Waals surface area contributed by atoms with Crippen LogP contribution in [0.5, 0.6) is 5.75 Å². The van der Waals surface area contributed by atoms with E-state index in [4.69, 9.17) is 4.74 Å². The van der Waals surface area contributed by atoms with E-state index in [2.05, 4.69) is 24.4 Å². The maximum absolute atomic E-state index is 12.4. The van der Waals surface area contributed by atoms with Crippen LogP contribution in [0.25, 0.3) is 0 Å². The molecule has 0 unspecified atom stereocenters. The molecule has 144 valence electrons. The molecule has 1 saturated heterocycles. The Morgan fingerprint density at radius 2 is 1.70 bits per heavy atom. The Morgan fingerprint density at radius 3 is 2.37 bits per heavy atom. The lowest BCUT2D eigenvalue weighted by molar-refractivity contribution is -0.918. The lowest BCUT2D eigenvalue weighted by Gasteiger charge is -2.23. The number of benzene rings is 2. The molecule has 3 rings (SSSR count). The van der Waals surface area contributed by atoms with Gasteiger partial charge in [-0.3, -0.25) is 4.79 Å². The van der Waals surface area contributed by atoms with E-state index in [9.17, 15) is 4.79 Å². The first-order valence-electron chi connectivity index (χ1n) is 10.2. The van der Waals surface area contributed by atoms with Gasteiger partial charge in [0.2, 0.25) is 0 Å². The first kappa shape index (κ1) is 19.4. The number of likely N-dealkylation sites (tertiary alicyclic amines) is 1. The fourth-order valence-electron chi connectivity index (χ4n) is 3.46. The second kappa shape index (κ2) is 10.1. The molecule has 0 aromatic heterocycles. The van der Waals surface area contributed by atoms with E-state index >= 15 is 0 Å². The minimum Gasteiger partial charge on any atom is -0.494 e. The number of hydrogen-bond acceptors (Lipinski definition) is 2. The van der Waals surface area contributed by atoms with Crippen molar-refractivity contribution in [1.82, 2.24) is 0 Å². The van der Waals surface area contributed by atoms with Crippen LogP contribution in [0.15, 0.2) is 48.5 Å². The average molecular weight is 368 g/mol. The largest absolute Gasteiger partial charge is 0.494 e. The first-order valence-corrected chi connectivity index (χ1v) is 10.2. The predicted molar refractivity (Wildman–Crippen MR) is 109 cm³/mol. The van der Waals surface area contributed by atoms with Crippen molar-refractivity contribution in [2.75, 3.05) is 25.0 Å². The topological polar surface area (TPSA) is 42.8 Å². The monoisotopic (exact) mass is 367 g/mol. The summed E-state index contributed by atoms with van der Waals surface area (Å²) in [4.78, 5) is 14.1. The number of ether oxygens (including phenoxy) is 1. The summed E-state index contributed by atoms with van der Waals surface area (Å²) in [5, 5.41) is 2.97. The van der Waals surface area contributed by atoms with E-state index in [-0.39, 0.29) is 5.91 Å². The molecule has 0 atom stereocenters. The summed E-state index contributed by atoms with van der Waals surface area (Å²) in [6, 6.07) is 15.6.